The summed E-state index contributed by atoms with van der Waals surface area (Å²) in [7, 11) is 1.65. The molecule has 0 heterocycles. The minimum atomic E-state index is -0.545. The number of rotatable bonds is 7. The number of methoxy groups -OCH3 is 1. The summed E-state index contributed by atoms with van der Waals surface area (Å²) in [5.41, 5.74) is 0.515. The van der Waals surface area contributed by atoms with Crippen molar-refractivity contribution in [1.29, 1.82) is 0 Å². The topological polar surface area (TPSA) is 21.3 Å². The molecule has 0 saturated carbocycles. The van der Waals surface area contributed by atoms with Crippen LogP contribution < -0.4 is 5.32 Å². The highest BCUT2D eigenvalue weighted by molar-refractivity contribution is 5.22. The third-order valence-electron chi connectivity index (χ3n) is 2.88. The summed E-state index contributed by atoms with van der Waals surface area (Å²) in [5, 5.41) is 3.23. The molecule has 1 aromatic rings. The van der Waals surface area contributed by atoms with Gasteiger partial charge in [0.15, 0.2) is 0 Å². The van der Waals surface area contributed by atoms with Gasteiger partial charge in [-0.25, -0.2) is 8.78 Å². The predicted octanol–water partition coefficient (Wildman–Crippen LogP) is 3.29. The van der Waals surface area contributed by atoms with Crippen molar-refractivity contribution >= 4 is 0 Å². The fourth-order valence-corrected chi connectivity index (χ4v) is 2.11. The molecule has 0 bridgehead atoms. The summed E-state index contributed by atoms with van der Waals surface area (Å²) in [4.78, 5) is 0. The van der Waals surface area contributed by atoms with E-state index in [-0.39, 0.29) is 6.04 Å². The molecular weight excluding hydrogens is 236 g/mol. The van der Waals surface area contributed by atoms with Crippen LogP contribution >= 0.6 is 0 Å². The zero-order valence-corrected chi connectivity index (χ0v) is 11.2. The van der Waals surface area contributed by atoms with Gasteiger partial charge in [-0.1, -0.05) is 19.9 Å². The standard InChI is InChI=1S/C14H21F2NO/c1-4-17-14(7-10(2)9-18-3)12-6-5-11(15)8-13(12)16/h5-6,8,10,14,17H,4,7,9H2,1-3H3. The third-order valence-corrected chi connectivity index (χ3v) is 2.88. The minimum Gasteiger partial charge on any atom is -0.384 e. The van der Waals surface area contributed by atoms with Gasteiger partial charge in [-0.15, -0.1) is 0 Å². The molecule has 2 nitrogen and oxygen atoms in total. The fraction of sp³-hybridized carbons (Fsp3) is 0.571. The lowest BCUT2D eigenvalue weighted by Gasteiger charge is -2.22. The highest BCUT2D eigenvalue weighted by Gasteiger charge is 2.18. The summed E-state index contributed by atoms with van der Waals surface area (Å²) in [6.07, 6.45) is 0.754. The van der Waals surface area contributed by atoms with Gasteiger partial charge in [0.25, 0.3) is 0 Å². The van der Waals surface area contributed by atoms with Crippen LogP contribution in [0.3, 0.4) is 0 Å². The Morgan fingerprint density at radius 1 is 1.33 bits per heavy atom. The Balaban J connectivity index is 2.82. The van der Waals surface area contributed by atoms with Crippen LogP contribution in [0.15, 0.2) is 18.2 Å². The molecule has 0 fully saturated rings. The summed E-state index contributed by atoms with van der Waals surface area (Å²) >= 11 is 0. The smallest absolute Gasteiger partial charge is 0.130 e. The van der Waals surface area contributed by atoms with E-state index < -0.39 is 11.6 Å². The van der Waals surface area contributed by atoms with Gasteiger partial charge in [0, 0.05) is 31.4 Å². The molecule has 4 heteroatoms. The summed E-state index contributed by atoms with van der Waals surface area (Å²) in [6.45, 7) is 5.39. The largest absolute Gasteiger partial charge is 0.384 e. The normalized spacial score (nSPS) is 14.5. The lowest BCUT2D eigenvalue weighted by molar-refractivity contribution is 0.149. The Bertz CT molecular complexity index is 371. The highest BCUT2D eigenvalue weighted by Crippen LogP contribution is 2.24. The lowest BCUT2D eigenvalue weighted by Crippen LogP contribution is -2.25. The number of hydrogen-bond acceptors (Lipinski definition) is 2. The van der Waals surface area contributed by atoms with Crippen molar-refractivity contribution in [3.05, 3.63) is 35.4 Å². The van der Waals surface area contributed by atoms with Gasteiger partial charge in [0.05, 0.1) is 0 Å². The predicted molar refractivity (Wildman–Crippen MR) is 68.4 cm³/mol. The molecule has 0 amide bonds. The van der Waals surface area contributed by atoms with Crippen LogP contribution in [-0.4, -0.2) is 20.3 Å². The van der Waals surface area contributed by atoms with Gasteiger partial charge in [-0.3, -0.25) is 0 Å². The molecule has 102 valence electrons. The summed E-state index contributed by atoms with van der Waals surface area (Å²) in [5.74, 6) is -0.731. The second-order valence-corrected chi connectivity index (χ2v) is 4.57. The molecular formula is C14H21F2NO. The second-order valence-electron chi connectivity index (χ2n) is 4.57. The molecule has 18 heavy (non-hydrogen) atoms. The van der Waals surface area contributed by atoms with Gasteiger partial charge >= 0.3 is 0 Å². The maximum atomic E-state index is 13.7. The first kappa shape index (κ1) is 15.1. The molecule has 0 saturated heterocycles. The number of halogens is 2. The van der Waals surface area contributed by atoms with Crippen LogP contribution in [-0.2, 0) is 4.74 Å². The molecule has 1 rings (SSSR count). The van der Waals surface area contributed by atoms with Gasteiger partial charge in [-0.2, -0.15) is 0 Å². The number of ether oxygens (including phenoxy) is 1. The van der Waals surface area contributed by atoms with Crippen LogP contribution in [0.2, 0.25) is 0 Å². The molecule has 2 unspecified atom stereocenters. The van der Waals surface area contributed by atoms with Crippen molar-refractivity contribution in [1.82, 2.24) is 5.32 Å². The minimum absolute atomic E-state index is 0.110. The zero-order valence-electron chi connectivity index (χ0n) is 11.2. The molecule has 0 radical (unpaired) electrons. The Morgan fingerprint density at radius 3 is 2.61 bits per heavy atom. The number of hydrogen-bond donors (Lipinski definition) is 1. The van der Waals surface area contributed by atoms with Crippen molar-refractivity contribution in [3.63, 3.8) is 0 Å². The molecule has 0 aliphatic carbocycles. The first-order chi connectivity index (χ1) is 8.58. The maximum absolute atomic E-state index is 13.7. The van der Waals surface area contributed by atoms with E-state index in [9.17, 15) is 8.78 Å². The quantitative estimate of drug-likeness (QED) is 0.809. The Labute approximate surface area is 107 Å². The average Bonchev–Trinajstić information content (AvgIpc) is 2.29. The van der Waals surface area contributed by atoms with Crippen molar-refractivity contribution in [2.24, 2.45) is 5.92 Å². The molecule has 0 aliphatic heterocycles. The second kappa shape index (κ2) is 7.44. The van der Waals surface area contributed by atoms with Crippen LogP contribution in [0.4, 0.5) is 8.78 Å². The van der Waals surface area contributed by atoms with Gasteiger partial charge in [0.2, 0.25) is 0 Å². The fourth-order valence-electron chi connectivity index (χ4n) is 2.11. The molecule has 2 atom stereocenters. The van der Waals surface area contributed by atoms with Crippen LogP contribution in [0.5, 0.6) is 0 Å². The van der Waals surface area contributed by atoms with E-state index in [0.29, 0.717) is 18.1 Å². The van der Waals surface area contributed by atoms with Crippen LogP contribution in [0.25, 0.3) is 0 Å². The Morgan fingerprint density at radius 2 is 2.06 bits per heavy atom. The molecule has 1 aromatic carbocycles. The van der Waals surface area contributed by atoms with Crippen molar-refractivity contribution in [2.75, 3.05) is 20.3 Å². The van der Waals surface area contributed by atoms with Gasteiger partial charge in [0.1, 0.15) is 11.6 Å². The van der Waals surface area contributed by atoms with Gasteiger partial charge in [-0.05, 0) is 24.9 Å². The number of nitrogens with one attached hydrogen (secondary N) is 1. The Kier molecular flexibility index (Phi) is 6.22. The first-order valence-corrected chi connectivity index (χ1v) is 6.25. The third kappa shape index (κ3) is 4.35. The summed E-state index contributed by atoms with van der Waals surface area (Å²) in [6, 6.07) is 3.63. The number of benzene rings is 1. The lowest BCUT2D eigenvalue weighted by atomic mass is 9.96. The molecule has 0 aliphatic rings. The van der Waals surface area contributed by atoms with Crippen LogP contribution in [0.1, 0.15) is 31.9 Å². The average molecular weight is 257 g/mol. The monoisotopic (exact) mass is 257 g/mol. The van der Waals surface area contributed by atoms with E-state index >= 15 is 0 Å². The maximum Gasteiger partial charge on any atom is 0.130 e. The van der Waals surface area contributed by atoms with Crippen molar-refractivity contribution < 1.29 is 13.5 Å². The SMILES string of the molecule is CCNC(CC(C)COC)c1ccc(F)cc1F. The van der Waals surface area contributed by atoms with E-state index in [1.807, 2.05) is 6.92 Å². The first-order valence-electron chi connectivity index (χ1n) is 6.25. The molecule has 0 spiro atoms. The molecule has 0 aromatic heterocycles. The highest BCUT2D eigenvalue weighted by atomic mass is 19.1. The summed E-state index contributed by atoms with van der Waals surface area (Å²) < 4.78 is 31.7. The van der Waals surface area contributed by atoms with E-state index in [4.69, 9.17) is 4.74 Å². The Hall–Kier alpha value is -1.00. The van der Waals surface area contributed by atoms with Gasteiger partial charge < -0.3 is 10.1 Å². The van der Waals surface area contributed by atoms with Crippen LogP contribution in [0, 0.1) is 17.6 Å². The van der Waals surface area contributed by atoms with Crippen molar-refractivity contribution in [2.45, 2.75) is 26.3 Å². The van der Waals surface area contributed by atoms with E-state index in [1.54, 1.807) is 7.11 Å². The van der Waals surface area contributed by atoms with E-state index in [0.717, 1.165) is 19.0 Å². The van der Waals surface area contributed by atoms with E-state index in [2.05, 4.69) is 12.2 Å². The molecule has 1 N–H and O–H groups in total. The van der Waals surface area contributed by atoms with Crippen molar-refractivity contribution in [3.8, 4) is 0 Å². The zero-order chi connectivity index (χ0) is 13.5. The van der Waals surface area contributed by atoms with E-state index in [1.165, 1.54) is 12.1 Å².